The van der Waals surface area contributed by atoms with Crippen LogP contribution in [0.5, 0.6) is 17.2 Å². The standard InChI is InChI=1S/C29H36O6.C28H32O5.C20H27BO4.C8H9NO2.C3H9N.C2H4O2.C2H6/c1-28(2,3)23-18-24(29(4,5)6)25(35-27(32)34-8)17-20(23)16-21(30)14-11-13-19-12-9-10-15-22(19)26(31)33-7;1-27(2,3)21-16-22(28(4,5)6)24(33-26(31)32-7)15-18(21)14-23(29)20-13-12-17-10-8-9-11-19(17)25(20)30;1-19(2,3)15-12-16(20(4,5)6)17(25-18(23)24-7)11-13(15)10-14(22)8-9-21;1-11-8(10)6-4-2-3-5-7(6)9;1-4(2)3;1-2(3)4;1-2/h9-12,14-15,17-18H,13,16H2,1-8H3;8-11,13,15-16H,12,14H2,1-7H3;8-9,11-12H,10H2,1-7H3;2-5H,9H2,1H3;1-3H3;1H3,(H,3,4);1-2H3/b14-11+;;9-8+;;;;. The molecule has 0 saturated heterocycles. The minimum absolute atomic E-state index is 0.0360. The Kier molecular flexibility index (Phi) is 40.7. The number of methoxy groups -OCH3 is 5. The third-order valence-electron chi connectivity index (χ3n) is 16.7. The summed E-state index contributed by atoms with van der Waals surface area (Å²) in [5.41, 5.74) is 15.7. The first kappa shape index (κ1) is 101. The van der Waals surface area contributed by atoms with Crippen molar-refractivity contribution in [2.45, 2.75) is 210 Å². The molecular formula is C92H123BN2O19. The largest absolute Gasteiger partial charge is 0.513 e. The van der Waals surface area contributed by atoms with E-state index < -0.39 is 36.4 Å². The molecule has 114 heavy (non-hydrogen) atoms. The van der Waals surface area contributed by atoms with Crippen LogP contribution in [0.25, 0.3) is 0 Å². The fourth-order valence-corrected chi connectivity index (χ4v) is 11.4. The molecule has 618 valence electrons. The van der Waals surface area contributed by atoms with Crippen LogP contribution in [0, 0.1) is 0 Å². The van der Waals surface area contributed by atoms with E-state index in [-0.39, 0.29) is 80.5 Å². The highest BCUT2D eigenvalue weighted by atomic mass is 16.7. The summed E-state index contributed by atoms with van der Waals surface area (Å²) < 4.78 is 39.6. The Morgan fingerprint density at radius 1 is 0.456 bits per heavy atom. The predicted molar refractivity (Wildman–Crippen MR) is 451 cm³/mol. The number of nitrogens with two attached hydrogens (primary N) is 1. The lowest BCUT2D eigenvalue weighted by Crippen LogP contribution is -2.24. The number of allylic oxidation sites excluding steroid dienone is 5. The van der Waals surface area contributed by atoms with Gasteiger partial charge in [-0.05, 0) is 160 Å². The SMILES string of the molecule is CC.CC(=O)O.CN(C)C.COC(=O)Oc1cc(CC(=O)/C=C/Cc2ccccc2C(=O)OC)c(C(C)(C)C)cc1C(C)(C)C.COC(=O)Oc1cc(CC(=O)C2=CCc3ccccc3C2=O)c(C(C)(C)C)cc1C(C)(C)C.COC(=O)c1ccccc1N.[B]/C=C/C(=O)Cc1cc(OC(=O)OC)c(C(C)(C)C)cc1C(C)(C)C. The van der Waals surface area contributed by atoms with Gasteiger partial charge in [0.1, 0.15) is 25.1 Å². The van der Waals surface area contributed by atoms with Gasteiger partial charge in [-0.25, -0.2) is 24.0 Å². The number of anilines is 1. The first-order valence-corrected chi connectivity index (χ1v) is 37.4. The van der Waals surface area contributed by atoms with E-state index >= 15 is 0 Å². The van der Waals surface area contributed by atoms with Gasteiger partial charge in [0.05, 0.1) is 52.2 Å². The van der Waals surface area contributed by atoms with Gasteiger partial charge in [0.25, 0.3) is 5.97 Å². The van der Waals surface area contributed by atoms with E-state index in [2.05, 4.69) is 71.8 Å². The highest BCUT2D eigenvalue weighted by Crippen LogP contribution is 2.42. The normalized spacial score (nSPS) is 11.8. The first-order valence-electron chi connectivity index (χ1n) is 37.4. The number of carboxylic acids is 1. The van der Waals surface area contributed by atoms with E-state index in [0.717, 1.165) is 68.1 Å². The lowest BCUT2D eigenvalue weighted by molar-refractivity contribution is -0.134. The van der Waals surface area contributed by atoms with Gasteiger partial charge >= 0.3 is 30.4 Å². The van der Waals surface area contributed by atoms with Gasteiger partial charge in [-0.1, -0.05) is 223 Å². The number of fused-ring (bicyclic) bond motifs is 1. The Hall–Kier alpha value is -10.7. The number of para-hydroxylation sites is 1. The number of hydrogen-bond acceptors (Lipinski definition) is 20. The van der Waals surface area contributed by atoms with Crippen molar-refractivity contribution in [2.75, 3.05) is 62.4 Å². The molecule has 1 aliphatic rings. The average molecular weight is 1570 g/mol. The molecule has 6 aromatic rings. The van der Waals surface area contributed by atoms with E-state index in [1.54, 1.807) is 72.8 Å². The minimum atomic E-state index is -0.833. The Balaban J connectivity index is 0.000000763. The number of benzene rings is 6. The second kappa shape index (κ2) is 45.8. The quantitative estimate of drug-likeness (QED) is 0.0173. The lowest BCUT2D eigenvalue weighted by atomic mass is 9.76. The van der Waals surface area contributed by atoms with Crippen LogP contribution >= 0.6 is 0 Å². The van der Waals surface area contributed by atoms with Crippen molar-refractivity contribution in [3.8, 4) is 17.2 Å². The van der Waals surface area contributed by atoms with Gasteiger partial charge in [-0.2, -0.15) is 0 Å². The van der Waals surface area contributed by atoms with Crippen molar-refractivity contribution < 1.29 is 90.9 Å². The average Bonchev–Trinajstić information content (AvgIpc) is 0.811. The molecule has 0 spiro atoms. The number of Topliss-reactive ketones (excluding diaryl/α,β-unsaturated/α-hetero) is 2. The molecule has 0 aromatic heterocycles. The maximum atomic E-state index is 13.3. The molecule has 6 aromatic carbocycles. The molecule has 3 N–H and O–H groups in total. The zero-order valence-electron chi connectivity index (χ0n) is 72.7. The molecule has 22 heteroatoms. The second-order valence-electron chi connectivity index (χ2n) is 32.9. The fourth-order valence-electron chi connectivity index (χ4n) is 11.4. The number of ether oxygens (including phenoxy) is 8. The molecule has 0 amide bonds. The zero-order chi connectivity index (χ0) is 87.8. The van der Waals surface area contributed by atoms with Crippen LogP contribution < -0.4 is 19.9 Å². The van der Waals surface area contributed by atoms with E-state index in [9.17, 15) is 43.2 Å². The number of hydrogen-bond donors (Lipinski definition) is 2. The number of nitrogen functional groups attached to an aromatic ring is 1. The maximum Gasteiger partial charge on any atom is 0.513 e. The Bertz CT molecular complexity index is 4390. The monoisotopic (exact) mass is 1570 g/mol. The van der Waals surface area contributed by atoms with Gasteiger partial charge in [0.15, 0.2) is 23.1 Å². The van der Waals surface area contributed by atoms with E-state index in [1.165, 1.54) is 53.7 Å². The van der Waals surface area contributed by atoms with Gasteiger partial charge in [-0.3, -0.25) is 24.0 Å². The topological polar surface area (TPSA) is 294 Å². The van der Waals surface area contributed by atoms with Crippen LogP contribution in [0.1, 0.15) is 238 Å². The predicted octanol–water partition coefficient (Wildman–Crippen LogP) is 18.6. The summed E-state index contributed by atoms with van der Waals surface area (Å²) in [6, 6.07) is 32.6. The highest BCUT2D eigenvalue weighted by Gasteiger charge is 2.33. The van der Waals surface area contributed by atoms with Crippen molar-refractivity contribution in [1.82, 2.24) is 4.90 Å². The van der Waals surface area contributed by atoms with Crippen molar-refractivity contribution in [3.05, 3.63) is 223 Å². The molecule has 1 aliphatic carbocycles. The Labute approximate surface area is 678 Å². The van der Waals surface area contributed by atoms with E-state index in [4.69, 9.17) is 51.9 Å². The summed E-state index contributed by atoms with van der Waals surface area (Å²) in [5.74, 6) is 0.0509. The van der Waals surface area contributed by atoms with Crippen molar-refractivity contribution in [1.29, 1.82) is 0 Å². The highest BCUT2D eigenvalue weighted by molar-refractivity contribution is 6.27. The smallest absolute Gasteiger partial charge is 0.481 e. The van der Waals surface area contributed by atoms with Crippen molar-refractivity contribution in [3.63, 3.8) is 0 Å². The van der Waals surface area contributed by atoms with E-state index in [1.807, 2.05) is 151 Å². The van der Waals surface area contributed by atoms with Gasteiger partial charge in [0, 0.05) is 54.1 Å². The Morgan fingerprint density at radius 3 is 1.13 bits per heavy atom. The molecular weight excluding hydrogens is 1450 g/mol. The number of carbonyl (C=O) groups is 10. The third kappa shape index (κ3) is 33.5. The molecule has 0 atom stereocenters. The second-order valence-corrected chi connectivity index (χ2v) is 32.9. The first-order chi connectivity index (χ1) is 52.7. The minimum Gasteiger partial charge on any atom is -0.481 e. The Morgan fingerprint density at radius 2 is 0.781 bits per heavy atom. The van der Waals surface area contributed by atoms with E-state index in [0.29, 0.717) is 52.5 Å². The van der Waals surface area contributed by atoms with Crippen LogP contribution in [-0.2, 0) is 107 Å². The summed E-state index contributed by atoms with van der Waals surface area (Å²) >= 11 is 0. The fraction of sp³-hybridized carbons (Fsp3) is 0.435. The number of carbonyl (C=O) groups excluding carboxylic acids is 9. The van der Waals surface area contributed by atoms with Crippen LogP contribution in [-0.4, -0.2) is 134 Å². The summed E-state index contributed by atoms with van der Waals surface area (Å²) in [6.45, 7) is 42.2. The third-order valence-corrected chi connectivity index (χ3v) is 16.7. The molecule has 0 aliphatic heterocycles. The van der Waals surface area contributed by atoms with Crippen LogP contribution in [0.2, 0.25) is 0 Å². The number of aliphatic carboxylic acids is 1. The number of esters is 2. The lowest BCUT2D eigenvalue weighted by Gasteiger charge is -2.29. The van der Waals surface area contributed by atoms with Crippen LogP contribution in [0.4, 0.5) is 20.1 Å². The summed E-state index contributed by atoms with van der Waals surface area (Å²) in [6.07, 6.45) is 5.26. The van der Waals surface area contributed by atoms with Gasteiger partial charge < -0.3 is 53.6 Å². The molecule has 0 bridgehead atoms. The maximum absolute atomic E-state index is 13.3. The molecule has 0 fully saturated rings. The van der Waals surface area contributed by atoms with Gasteiger partial charge in [-0.15, -0.1) is 5.98 Å². The number of nitrogens with zero attached hydrogens (tertiary/aromatic N) is 1. The molecule has 7 rings (SSSR count). The zero-order valence-corrected chi connectivity index (χ0v) is 72.7. The van der Waals surface area contributed by atoms with Crippen LogP contribution in [0.15, 0.2) is 145 Å². The molecule has 21 nitrogen and oxygen atoms in total. The molecule has 0 heterocycles. The summed E-state index contributed by atoms with van der Waals surface area (Å²) in [4.78, 5) is 121. The molecule has 2 radical (unpaired) electrons. The molecule has 0 saturated carbocycles. The van der Waals surface area contributed by atoms with Crippen LogP contribution in [0.3, 0.4) is 0 Å². The van der Waals surface area contributed by atoms with Gasteiger partial charge in [0.2, 0.25) is 0 Å². The molecule has 0 unspecified atom stereocenters. The summed E-state index contributed by atoms with van der Waals surface area (Å²) in [7, 11) is 17.8. The number of carboxylic acid groups (broad SMARTS) is 1. The van der Waals surface area contributed by atoms with Crippen molar-refractivity contribution in [2.24, 2.45) is 0 Å². The number of ketones is 4. The van der Waals surface area contributed by atoms with Crippen molar-refractivity contribution >= 4 is 73.0 Å². The number of rotatable bonds is 16. The summed E-state index contributed by atoms with van der Waals surface area (Å²) in [5, 5.41) is 7.42.